The number of benzene rings is 2. The minimum absolute atomic E-state index is 0.113. The van der Waals surface area contributed by atoms with Gasteiger partial charge in [0.2, 0.25) is 0 Å². The maximum absolute atomic E-state index is 13.7. The van der Waals surface area contributed by atoms with Gasteiger partial charge in [0.25, 0.3) is 0 Å². The third-order valence-corrected chi connectivity index (χ3v) is 2.86. The first-order valence-electron chi connectivity index (χ1n) is 6.02. The van der Waals surface area contributed by atoms with Crippen LogP contribution in [0.4, 0.5) is 10.1 Å². The van der Waals surface area contributed by atoms with Crippen LogP contribution in [-0.2, 0) is 6.61 Å². The fourth-order valence-electron chi connectivity index (χ4n) is 1.74. The van der Waals surface area contributed by atoms with Gasteiger partial charge in [-0.05, 0) is 24.3 Å². The number of rotatable bonds is 5. The van der Waals surface area contributed by atoms with Gasteiger partial charge in [-0.3, -0.25) is 0 Å². The molecule has 0 heterocycles. The lowest BCUT2D eigenvalue weighted by molar-refractivity contribution is 0.299. The van der Waals surface area contributed by atoms with Crippen LogP contribution < -0.4 is 19.9 Å². The van der Waals surface area contributed by atoms with Crippen molar-refractivity contribution in [2.75, 3.05) is 20.0 Å². The maximum Gasteiger partial charge on any atom is 0.142 e. The van der Waals surface area contributed by atoms with E-state index in [1.165, 1.54) is 13.2 Å². The van der Waals surface area contributed by atoms with E-state index in [0.717, 1.165) is 0 Å². The molecule has 5 heteroatoms. The Hall–Kier alpha value is -2.43. The van der Waals surface area contributed by atoms with Gasteiger partial charge in [-0.15, -0.1) is 0 Å². The van der Waals surface area contributed by atoms with Crippen LogP contribution in [0.2, 0.25) is 0 Å². The van der Waals surface area contributed by atoms with Crippen LogP contribution in [-0.4, -0.2) is 14.2 Å². The highest BCUT2D eigenvalue weighted by atomic mass is 19.1. The number of nitrogens with two attached hydrogens (primary N) is 1. The van der Waals surface area contributed by atoms with Crippen molar-refractivity contribution in [3.8, 4) is 17.2 Å². The largest absolute Gasteiger partial charge is 0.497 e. The highest BCUT2D eigenvalue weighted by Crippen LogP contribution is 2.27. The predicted octanol–water partition coefficient (Wildman–Crippen LogP) is 3.00. The molecule has 0 bridgehead atoms. The zero-order valence-electron chi connectivity index (χ0n) is 11.4. The number of ether oxygens (including phenoxy) is 3. The predicted molar refractivity (Wildman–Crippen MR) is 74.7 cm³/mol. The van der Waals surface area contributed by atoms with Crippen LogP contribution in [0, 0.1) is 5.82 Å². The number of methoxy groups -OCH3 is 2. The Balaban J connectivity index is 2.07. The molecule has 2 N–H and O–H groups in total. The van der Waals surface area contributed by atoms with Gasteiger partial charge in [0, 0.05) is 17.7 Å². The van der Waals surface area contributed by atoms with E-state index >= 15 is 0 Å². The second kappa shape index (κ2) is 6.14. The Bertz CT molecular complexity index is 602. The topological polar surface area (TPSA) is 53.7 Å². The number of anilines is 1. The Labute approximate surface area is 116 Å². The van der Waals surface area contributed by atoms with Crippen LogP contribution in [0.15, 0.2) is 36.4 Å². The molecule has 0 aliphatic carbocycles. The summed E-state index contributed by atoms with van der Waals surface area (Å²) >= 11 is 0. The van der Waals surface area contributed by atoms with Crippen molar-refractivity contribution in [3.63, 3.8) is 0 Å². The van der Waals surface area contributed by atoms with Gasteiger partial charge in [-0.1, -0.05) is 0 Å². The lowest BCUT2D eigenvalue weighted by Gasteiger charge is -2.10. The minimum Gasteiger partial charge on any atom is -0.497 e. The summed E-state index contributed by atoms with van der Waals surface area (Å²) in [5.41, 5.74) is 6.69. The van der Waals surface area contributed by atoms with E-state index in [-0.39, 0.29) is 12.4 Å². The summed E-state index contributed by atoms with van der Waals surface area (Å²) < 4.78 is 29.2. The SMILES string of the molecule is COc1ccc(COc2ccc(OC)c(N)c2)c(F)c1. The minimum atomic E-state index is -0.370. The zero-order valence-corrected chi connectivity index (χ0v) is 11.4. The molecule has 4 nitrogen and oxygen atoms in total. The third kappa shape index (κ3) is 3.12. The summed E-state index contributed by atoms with van der Waals surface area (Å²) in [4.78, 5) is 0. The molecule has 2 aromatic rings. The van der Waals surface area contributed by atoms with Crippen molar-refractivity contribution in [1.29, 1.82) is 0 Å². The maximum atomic E-state index is 13.7. The molecule has 2 rings (SSSR count). The molecule has 0 saturated carbocycles. The Morgan fingerprint density at radius 1 is 1.00 bits per heavy atom. The van der Waals surface area contributed by atoms with Gasteiger partial charge in [0.1, 0.15) is 29.7 Å². The first kappa shape index (κ1) is 14.0. The van der Waals surface area contributed by atoms with Gasteiger partial charge >= 0.3 is 0 Å². The van der Waals surface area contributed by atoms with Crippen molar-refractivity contribution < 1.29 is 18.6 Å². The monoisotopic (exact) mass is 277 g/mol. The average molecular weight is 277 g/mol. The molecule has 0 aromatic heterocycles. The summed E-state index contributed by atoms with van der Waals surface area (Å²) in [6.45, 7) is 0.113. The Morgan fingerprint density at radius 2 is 1.75 bits per heavy atom. The smallest absolute Gasteiger partial charge is 0.142 e. The zero-order chi connectivity index (χ0) is 14.5. The van der Waals surface area contributed by atoms with Gasteiger partial charge in [0.05, 0.1) is 19.9 Å². The van der Waals surface area contributed by atoms with Gasteiger partial charge < -0.3 is 19.9 Å². The molecule has 0 fully saturated rings. The summed E-state index contributed by atoms with van der Waals surface area (Å²) in [6, 6.07) is 9.69. The van der Waals surface area contributed by atoms with Crippen molar-refractivity contribution >= 4 is 5.69 Å². The lowest BCUT2D eigenvalue weighted by atomic mass is 10.2. The Kier molecular flexibility index (Phi) is 4.30. The van der Waals surface area contributed by atoms with Gasteiger partial charge in [0.15, 0.2) is 0 Å². The molecular weight excluding hydrogens is 261 g/mol. The molecule has 0 aliphatic heterocycles. The van der Waals surface area contributed by atoms with E-state index in [2.05, 4.69) is 0 Å². The van der Waals surface area contributed by atoms with Crippen molar-refractivity contribution in [3.05, 3.63) is 47.8 Å². The van der Waals surface area contributed by atoms with E-state index in [0.29, 0.717) is 28.5 Å². The van der Waals surface area contributed by atoms with Crippen LogP contribution in [0.3, 0.4) is 0 Å². The molecule has 0 saturated heterocycles. The molecule has 2 aromatic carbocycles. The van der Waals surface area contributed by atoms with E-state index in [4.69, 9.17) is 19.9 Å². The van der Waals surface area contributed by atoms with E-state index < -0.39 is 0 Å². The highest BCUT2D eigenvalue weighted by molar-refractivity contribution is 5.56. The molecule has 0 radical (unpaired) electrons. The summed E-state index contributed by atoms with van der Waals surface area (Å²) in [7, 11) is 3.03. The molecule has 106 valence electrons. The summed E-state index contributed by atoms with van der Waals surface area (Å²) in [5, 5.41) is 0. The number of hydrogen-bond donors (Lipinski definition) is 1. The molecule has 0 atom stereocenters. The quantitative estimate of drug-likeness (QED) is 0.854. The number of nitrogen functional groups attached to an aromatic ring is 1. The average Bonchev–Trinajstić information content (AvgIpc) is 2.46. The van der Waals surface area contributed by atoms with Crippen LogP contribution in [0.25, 0.3) is 0 Å². The lowest BCUT2D eigenvalue weighted by Crippen LogP contribution is -2.00. The molecule has 0 amide bonds. The van der Waals surface area contributed by atoms with Crippen molar-refractivity contribution in [2.45, 2.75) is 6.61 Å². The molecule has 0 spiro atoms. The third-order valence-electron chi connectivity index (χ3n) is 2.86. The van der Waals surface area contributed by atoms with Crippen LogP contribution in [0.5, 0.6) is 17.2 Å². The fourth-order valence-corrected chi connectivity index (χ4v) is 1.74. The first-order valence-corrected chi connectivity index (χ1v) is 6.02. The van der Waals surface area contributed by atoms with Gasteiger partial charge in [-0.2, -0.15) is 0 Å². The second-order valence-corrected chi connectivity index (χ2v) is 4.15. The molecule has 0 unspecified atom stereocenters. The first-order chi connectivity index (χ1) is 9.63. The van der Waals surface area contributed by atoms with Crippen LogP contribution >= 0.6 is 0 Å². The molecule has 0 aliphatic rings. The highest BCUT2D eigenvalue weighted by Gasteiger charge is 2.06. The fraction of sp³-hybridized carbons (Fsp3) is 0.200. The van der Waals surface area contributed by atoms with Crippen molar-refractivity contribution in [2.24, 2.45) is 0 Å². The van der Waals surface area contributed by atoms with Crippen molar-refractivity contribution in [1.82, 2.24) is 0 Å². The number of halogens is 1. The summed E-state index contributed by atoms with van der Waals surface area (Å²) in [5.74, 6) is 1.23. The van der Waals surface area contributed by atoms with E-state index in [9.17, 15) is 4.39 Å². The molecule has 20 heavy (non-hydrogen) atoms. The van der Waals surface area contributed by atoms with Gasteiger partial charge in [-0.25, -0.2) is 4.39 Å². The molecular formula is C15H16FNO3. The Morgan fingerprint density at radius 3 is 2.35 bits per heavy atom. The number of hydrogen-bond acceptors (Lipinski definition) is 4. The van der Waals surface area contributed by atoms with Crippen LogP contribution in [0.1, 0.15) is 5.56 Å². The van der Waals surface area contributed by atoms with E-state index in [1.807, 2.05) is 0 Å². The summed E-state index contributed by atoms with van der Waals surface area (Å²) in [6.07, 6.45) is 0. The standard InChI is InChI=1S/C15H16FNO3/c1-18-11-4-3-10(13(16)7-11)9-20-12-5-6-15(19-2)14(17)8-12/h3-8H,9,17H2,1-2H3. The second-order valence-electron chi connectivity index (χ2n) is 4.15. The van der Waals surface area contributed by atoms with E-state index in [1.54, 1.807) is 37.4 Å². The normalized spacial score (nSPS) is 10.2.